The number of aryl methyl sites for hydroxylation is 4. The molecule has 0 atom stereocenters. The molecule has 0 saturated carbocycles. The van der Waals surface area contributed by atoms with Crippen LogP contribution in [0.25, 0.3) is 0 Å². The van der Waals surface area contributed by atoms with Gasteiger partial charge >= 0.3 is 5.97 Å². The molecule has 142 valence electrons. The monoisotopic (exact) mass is 364 g/mol. The summed E-state index contributed by atoms with van der Waals surface area (Å²) < 4.78 is 0. The third kappa shape index (κ3) is 4.85. The first-order valence-corrected chi connectivity index (χ1v) is 10.1. The molecule has 3 heteroatoms. The molecule has 1 aliphatic rings. The van der Waals surface area contributed by atoms with Crippen molar-refractivity contribution in [3.05, 3.63) is 69.8 Å². The Kier molecular flexibility index (Phi) is 6.44. The zero-order chi connectivity index (χ0) is 19.2. The number of Topliss-reactive ketones (excluding diaryl/α,β-unsaturated/α-hetero) is 1. The lowest BCUT2D eigenvalue weighted by atomic mass is 9.92. The Morgan fingerprint density at radius 2 is 1.78 bits per heavy atom. The zero-order valence-electron chi connectivity index (χ0n) is 16.1. The van der Waals surface area contributed by atoms with E-state index in [4.69, 9.17) is 0 Å². The van der Waals surface area contributed by atoms with Gasteiger partial charge in [0.1, 0.15) is 0 Å². The minimum Gasteiger partial charge on any atom is -0.478 e. The highest BCUT2D eigenvalue weighted by Gasteiger charge is 2.21. The summed E-state index contributed by atoms with van der Waals surface area (Å²) in [4.78, 5) is 23.3. The minimum absolute atomic E-state index is 0.261. The van der Waals surface area contributed by atoms with Crippen LogP contribution in [0.4, 0.5) is 0 Å². The molecule has 0 heterocycles. The predicted octanol–water partition coefficient (Wildman–Crippen LogP) is 5.42. The molecular weight excluding hydrogens is 336 g/mol. The fourth-order valence-electron chi connectivity index (χ4n) is 3.94. The fourth-order valence-corrected chi connectivity index (χ4v) is 3.94. The third-order valence-electron chi connectivity index (χ3n) is 5.50. The molecule has 0 spiro atoms. The second kappa shape index (κ2) is 8.98. The van der Waals surface area contributed by atoms with E-state index in [0.29, 0.717) is 12.0 Å². The van der Waals surface area contributed by atoms with Crippen LogP contribution in [-0.4, -0.2) is 16.9 Å². The molecule has 2 aromatic rings. The van der Waals surface area contributed by atoms with E-state index < -0.39 is 5.97 Å². The van der Waals surface area contributed by atoms with Crippen LogP contribution < -0.4 is 0 Å². The van der Waals surface area contributed by atoms with Gasteiger partial charge in [-0.2, -0.15) is 0 Å². The predicted molar refractivity (Wildman–Crippen MR) is 108 cm³/mol. The van der Waals surface area contributed by atoms with Crippen molar-refractivity contribution in [1.29, 1.82) is 0 Å². The number of hydrogen-bond acceptors (Lipinski definition) is 2. The number of carbonyl (C=O) groups excluding carboxylic acids is 1. The van der Waals surface area contributed by atoms with Gasteiger partial charge in [-0.3, -0.25) is 4.79 Å². The highest BCUT2D eigenvalue weighted by atomic mass is 16.4. The molecular formula is C24H28O3. The largest absolute Gasteiger partial charge is 0.478 e. The maximum atomic E-state index is 12.2. The molecule has 0 aliphatic heterocycles. The molecule has 0 fully saturated rings. The van der Waals surface area contributed by atoms with Crippen LogP contribution in [0, 0.1) is 0 Å². The van der Waals surface area contributed by atoms with E-state index in [1.165, 1.54) is 42.4 Å². The molecule has 0 bridgehead atoms. The van der Waals surface area contributed by atoms with Crippen molar-refractivity contribution < 1.29 is 14.7 Å². The molecule has 1 aliphatic carbocycles. The molecule has 3 nitrogen and oxygen atoms in total. The lowest BCUT2D eigenvalue weighted by molar-refractivity contribution is 0.0696. The molecule has 2 aromatic carbocycles. The first-order chi connectivity index (χ1) is 13.1. The van der Waals surface area contributed by atoms with Gasteiger partial charge in [0.05, 0.1) is 5.56 Å². The van der Waals surface area contributed by atoms with Crippen LogP contribution in [-0.2, 0) is 25.7 Å². The van der Waals surface area contributed by atoms with E-state index in [0.717, 1.165) is 36.8 Å². The summed E-state index contributed by atoms with van der Waals surface area (Å²) in [6.45, 7) is 2.22. The van der Waals surface area contributed by atoms with Crippen LogP contribution in [0.5, 0.6) is 0 Å². The van der Waals surface area contributed by atoms with E-state index in [9.17, 15) is 14.7 Å². The first-order valence-electron chi connectivity index (χ1n) is 10.1. The Morgan fingerprint density at radius 3 is 2.56 bits per heavy atom. The van der Waals surface area contributed by atoms with Gasteiger partial charge in [-0.1, -0.05) is 44.4 Å². The number of carbonyl (C=O) groups is 2. The topological polar surface area (TPSA) is 54.4 Å². The normalized spacial score (nSPS) is 13.0. The number of unbranched alkanes of at least 4 members (excludes halogenated alkanes) is 3. The highest BCUT2D eigenvalue weighted by molar-refractivity contribution is 6.00. The Hall–Kier alpha value is -2.42. The average Bonchev–Trinajstić information content (AvgIpc) is 3.03. The van der Waals surface area contributed by atoms with E-state index in [-0.39, 0.29) is 5.78 Å². The van der Waals surface area contributed by atoms with Crippen molar-refractivity contribution in [2.75, 3.05) is 0 Å². The standard InChI is InChI=1S/C24H28O3/c1-2-3-4-5-8-18-15-20-12-13-23(25)22(20)16-19(18)11-10-17-7-6-9-21(14-17)24(26)27/h6-7,9,14-16H,2-5,8,10-13H2,1H3,(H,26,27). The lowest BCUT2D eigenvalue weighted by Crippen LogP contribution is -2.03. The molecule has 0 saturated heterocycles. The molecule has 0 unspecified atom stereocenters. The van der Waals surface area contributed by atoms with E-state index in [2.05, 4.69) is 19.1 Å². The molecule has 27 heavy (non-hydrogen) atoms. The van der Waals surface area contributed by atoms with Crippen molar-refractivity contribution in [2.45, 2.75) is 64.7 Å². The molecule has 3 rings (SSSR count). The van der Waals surface area contributed by atoms with Gasteiger partial charge in [-0.15, -0.1) is 0 Å². The Labute approximate surface area is 161 Å². The summed E-state index contributed by atoms with van der Waals surface area (Å²) >= 11 is 0. The van der Waals surface area contributed by atoms with Crippen molar-refractivity contribution in [2.24, 2.45) is 0 Å². The van der Waals surface area contributed by atoms with Crippen molar-refractivity contribution >= 4 is 11.8 Å². The third-order valence-corrected chi connectivity index (χ3v) is 5.50. The molecule has 0 aromatic heterocycles. The Bertz CT molecular complexity index is 836. The van der Waals surface area contributed by atoms with Crippen LogP contribution in [0.1, 0.15) is 82.0 Å². The van der Waals surface area contributed by atoms with E-state index in [1.54, 1.807) is 18.2 Å². The van der Waals surface area contributed by atoms with Crippen LogP contribution in [0.3, 0.4) is 0 Å². The summed E-state index contributed by atoms with van der Waals surface area (Å²) in [5.74, 6) is -0.631. The quantitative estimate of drug-likeness (QED) is 0.604. The van der Waals surface area contributed by atoms with Gasteiger partial charge < -0.3 is 5.11 Å². The molecule has 0 amide bonds. The number of benzene rings is 2. The molecule has 1 N–H and O–H groups in total. The molecule has 0 radical (unpaired) electrons. The van der Waals surface area contributed by atoms with Gasteiger partial charge in [-0.05, 0) is 72.6 Å². The Balaban J connectivity index is 1.78. The van der Waals surface area contributed by atoms with Gasteiger partial charge in [0.2, 0.25) is 0 Å². The van der Waals surface area contributed by atoms with E-state index >= 15 is 0 Å². The highest BCUT2D eigenvalue weighted by Crippen LogP contribution is 2.28. The number of carboxylic acids is 1. The Morgan fingerprint density at radius 1 is 0.963 bits per heavy atom. The van der Waals surface area contributed by atoms with Gasteiger partial charge in [0.25, 0.3) is 0 Å². The number of ketones is 1. The fraction of sp³-hybridized carbons (Fsp3) is 0.417. The first kappa shape index (κ1) is 19.3. The van der Waals surface area contributed by atoms with Gasteiger partial charge in [0, 0.05) is 12.0 Å². The second-order valence-corrected chi connectivity index (χ2v) is 7.52. The van der Waals surface area contributed by atoms with Crippen molar-refractivity contribution in [3.63, 3.8) is 0 Å². The van der Waals surface area contributed by atoms with E-state index in [1.807, 2.05) is 6.07 Å². The summed E-state index contributed by atoms with van der Waals surface area (Å²) in [6, 6.07) is 11.5. The average molecular weight is 364 g/mol. The smallest absolute Gasteiger partial charge is 0.335 e. The summed E-state index contributed by atoms with van der Waals surface area (Å²) in [7, 11) is 0. The zero-order valence-corrected chi connectivity index (χ0v) is 16.1. The second-order valence-electron chi connectivity index (χ2n) is 7.52. The maximum absolute atomic E-state index is 12.2. The number of aromatic carboxylic acids is 1. The number of hydrogen-bond donors (Lipinski definition) is 1. The van der Waals surface area contributed by atoms with Crippen LogP contribution in [0.2, 0.25) is 0 Å². The SMILES string of the molecule is CCCCCCc1cc2c(cc1CCc1cccc(C(=O)O)c1)C(=O)CC2. The summed E-state index contributed by atoms with van der Waals surface area (Å²) in [6.07, 6.45) is 9.11. The lowest BCUT2D eigenvalue weighted by Gasteiger charge is -2.13. The minimum atomic E-state index is -0.892. The van der Waals surface area contributed by atoms with Crippen molar-refractivity contribution in [1.82, 2.24) is 0 Å². The van der Waals surface area contributed by atoms with Crippen LogP contribution in [0.15, 0.2) is 36.4 Å². The summed E-state index contributed by atoms with van der Waals surface area (Å²) in [5.41, 5.74) is 6.09. The number of carboxylic acid groups (broad SMARTS) is 1. The number of rotatable bonds is 9. The van der Waals surface area contributed by atoms with Crippen molar-refractivity contribution in [3.8, 4) is 0 Å². The van der Waals surface area contributed by atoms with Gasteiger partial charge in [-0.25, -0.2) is 4.79 Å². The maximum Gasteiger partial charge on any atom is 0.335 e. The summed E-state index contributed by atoms with van der Waals surface area (Å²) in [5, 5.41) is 9.18. The van der Waals surface area contributed by atoms with Crippen LogP contribution >= 0.6 is 0 Å². The van der Waals surface area contributed by atoms with Gasteiger partial charge in [0.15, 0.2) is 5.78 Å². The number of fused-ring (bicyclic) bond motifs is 1.